The van der Waals surface area contributed by atoms with E-state index in [0.717, 1.165) is 5.56 Å². The van der Waals surface area contributed by atoms with Gasteiger partial charge in [-0.2, -0.15) is 4.98 Å². The Morgan fingerprint density at radius 1 is 1.27 bits per heavy atom. The van der Waals surface area contributed by atoms with Crippen LogP contribution in [-0.4, -0.2) is 30.9 Å². The topological polar surface area (TPSA) is 95.9 Å². The molecule has 8 nitrogen and oxygen atoms in total. The molecule has 1 atom stereocenters. The zero-order valence-corrected chi connectivity index (χ0v) is 12.0. The first-order valence-electron chi connectivity index (χ1n) is 6.57. The van der Waals surface area contributed by atoms with Crippen molar-refractivity contribution in [3.05, 3.63) is 48.1 Å². The van der Waals surface area contributed by atoms with Crippen LogP contribution in [0.1, 0.15) is 24.6 Å². The maximum Gasteiger partial charge on any atom is 0.304 e. The lowest BCUT2D eigenvalue weighted by molar-refractivity contribution is -0.148. The molecule has 2 aromatic heterocycles. The lowest BCUT2D eigenvalue weighted by Crippen LogP contribution is -2.17. The molecule has 0 saturated carbocycles. The molecule has 0 aliphatic rings. The Morgan fingerprint density at radius 3 is 2.68 bits per heavy atom. The summed E-state index contributed by atoms with van der Waals surface area (Å²) in [5.74, 6) is 0.586. The van der Waals surface area contributed by atoms with Crippen molar-refractivity contribution in [1.29, 1.82) is 0 Å². The van der Waals surface area contributed by atoms with Gasteiger partial charge in [0.2, 0.25) is 23.8 Å². The molecule has 0 amide bonds. The van der Waals surface area contributed by atoms with Crippen LogP contribution in [0.25, 0.3) is 11.6 Å². The average Bonchev–Trinajstić information content (AvgIpc) is 3.14. The predicted octanol–water partition coefficient (Wildman–Crippen LogP) is 1.75. The molecular formula is C14H13N5O3. The van der Waals surface area contributed by atoms with Crippen LogP contribution >= 0.6 is 0 Å². The van der Waals surface area contributed by atoms with Crippen LogP contribution in [0.4, 0.5) is 0 Å². The molecule has 0 radical (unpaired) electrons. The Hall–Kier alpha value is -3.03. The van der Waals surface area contributed by atoms with Gasteiger partial charge < -0.3 is 9.26 Å². The standard InChI is InChI=1S/C14H13N5O3/c1-9-16-13(18-22-9)12-15-8-19(17-12)14(21-10(2)20)11-6-4-3-5-7-11/h3-8,14H,1-2H3. The minimum atomic E-state index is -0.701. The van der Waals surface area contributed by atoms with Crippen molar-refractivity contribution in [1.82, 2.24) is 24.9 Å². The van der Waals surface area contributed by atoms with Crippen LogP contribution in [-0.2, 0) is 9.53 Å². The van der Waals surface area contributed by atoms with E-state index < -0.39 is 12.2 Å². The van der Waals surface area contributed by atoms with E-state index in [1.54, 1.807) is 6.92 Å². The fraction of sp³-hybridized carbons (Fsp3) is 0.214. The molecule has 1 unspecified atom stereocenters. The summed E-state index contributed by atoms with van der Waals surface area (Å²) in [4.78, 5) is 19.5. The number of aryl methyl sites for hydroxylation is 1. The van der Waals surface area contributed by atoms with Crippen LogP contribution < -0.4 is 0 Å². The molecule has 0 spiro atoms. The highest BCUT2D eigenvalue weighted by Crippen LogP contribution is 2.20. The fourth-order valence-electron chi connectivity index (χ4n) is 1.93. The lowest BCUT2D eigenvalue weighted by atomic mass is 10.2. The van der Waals surface area contributed by atoms with Crippen molar-refractivity contribution >= 4 is 5.97 Å². The summed E-state index contributed by atoms with van der Waals surface area (Å²) in [5, 5.41) is 8.03. The average molecular weight is 299 g/mol. The second-order valence-electron chi connectivity index (χ2n) is 4.56. The number of benzene rings is 1. The maximum absolute atomic E-state index is 11.4. The van der Waals surface area contributed by atoms with E-state index in [-0.39, 0.29) is 5.82 Å². The van der Waals surface area contributed by atoms with E-state index in [1.807, 2.05) is 30.3 Å². The smallest absolute Gasteiger partial charge is 0.304 e. The van der Waals surface area contributed by atoms with Crippen molar-refractivity contribution in [2.24, 2.45) is 0 Å². The summed E-state index contributed by atoms with van der Waals surface area (Å²) in [6, 6.07) is 9.27. The molecule has 0 bridgehead atoms. The first kappa shape index (κ1) is 13.9. The molecule has 1 aromatic carbocycles. The van der Waals surface area contributed by atoms with Gasteiger partial charge in [-0.15, -0.1) is 5.10 Å². The summed E-state index contributed by atoms with van der Waals surface area (Å²) in [5.41, 5.74) is 0.776. The molecular weight excluding hydrogens is 286 g/mol. The molecule has 0 N–H and O–H groups in total. The Balaban J connectivity index is 1.95. The van der Waals surface area contributed by atoms with E-state index in [4.69, 9.17) is 9.26 Å². The van der Waals surface area contributed by atoms with Gasteiger partial charge >= 0.3 is 5.97 Å². The second-order valence-corrected chi connectivity index (χ2v) is 4.56. The molecule has 112 valence electrons. The summed E-state index contributed by atoms with van der Waals surface area (Å²) < 4.78 is 11.7. The largest absolute Gasteiger partial charge is 0.435 e. The van der Waals surface area contributed by atoms with Crippen LogP contribution in [0.3, 0.4) is 0 Å². The summed E-state index contributed by atoms with van der Waals surface area (Å²) >= 11 is 0. The van der Waals surface area contributed by atoms with Gasteiger partial charge in [0.05, 0.1) is 0 Å². The third-order valence-electron chi connectivity index (χ3n) is 2.84. The molecule has 8 heteroatoms. The van der Waals surface area contributed by atoms with E-state index in [2.05, 4.69) is 20.2 Å². The third kappa shape index (κ3) is 2.85. The highest BCUT2D eigenvalue weighted by atomic mass is 16.6. The molecule has 0 saturated heterocycles. The molecule has 0 aliphatic heterocycles. The van der Waals surface area contributed by atoms with Crippen LogP contribution in [0.5, 0.6) is 0 Å². The van der Waals surface area contributed by atoms with Crippen LogP contribution in [0.2, 0.25) is 0 Å². The van der Waals surface area contributed by atoms with Crippen molar-refractivity contribution in [3.8, 4) is 11.6 Å². The Morgan fingerprint density at radius 2 is 2.05 bits per heavy atom. The van der Waals surface area contributed by atoms with E-state index >= 15 is 0 Å². The lowest BCUT2D eigenvalue weighted by Gasteiger charge is -2.16. The number of nitrogens with zero attached hydrogens (tertiary/aromatic N) is 5. The van der Waals surface area contributed by atoms with E-state index in [0.29, 0.717) is 11.7 Å². The number of carbonyl (C=O) groups is 1. The van der Waals surface area contributed by atoms with Gasteiger partial charge in [-0.1, -0.05) is 35.5 Å². The van der Waals surface area contributed by atoms with E-state index in [1.165, 1.54) is 17.9 Å². The zero-order valence-electron chi connectivity index (χ0n) is 12.0. The number of hydrogen-bond donors (Lipinski definition) is 0. The molecule has 3 rings (SSSR count). The monoisotopic (exact) mass is 299 g/mol. The van der Waals surface area contributed by atoms with Gasteiger partial charge in [-0.05, 0) is 0 Å². The maximum atomic E-state index is 11.4. The van der Waals surface area contributed by atoms with Crippen molar-refractivity contribution in [3.63, 3.8) is 0 Å². The number of carbonyl (C=O) groups excluding carboxylic acids is 1. The highest BCUT2D eigenvalue weighted by Gasteiger charge is 2.20. The normalized spacial score (nSPS) is 12.1. The van der Waals surface area contributed by atoms with Crippen molar-refractivity contribution in [2.75, 3.05) is 0 Å². The molecule has 3 aromatic rings. The fourth-order valence-corrected chi connectivity index (χ4v) is 1.93. The number of hydrogen-bond acceptors (Lipinski definition) is 7. The van der Waals surface area contributed by atoms with Gasteiger partial charge in [0, 0.05) is 19.4 Å². The zero-order chi connectivity index (χ0) is 15.5. The first-order chi connectivity index (χ1) is 10.6. The second kappa shape index (κ2) is 5.76. The summed E-state index contributed by atoms with van der Waals surface area (Å²) in [6.45, 7) is 3.02. The Labute approximate surface area is 125 Å². The van der Waals surface area contributed by atoms with Gasteiger partial charge in [0.15, 0.2) is 0 Å². The molecule has 22 heavy (non-hydrogen) atoms. The van der Waals surface area contributed by atoms with E-state index in [9.17, 15) is 4.79 Å². The summed E-state index contributed by atoms with van der Waals surface area (Å²) in [7, 11) is 0. The Bertz CT molecular complexity index is 781. The van der Waals surface area contributed by atoms with Gasteiger partial charge in [-0.25, -0.2) is 9.67 Å². The van der Waals surface area contributed by atoms with Gasteiger partial charge in [-0.3, -0.25) is 4.79 Å². The highest BCUT2D eigenvalue weighted by molar-refractivity contribution is 5.66. The number of aromatic nitrogens is 5. The Kier molecular flexibility index (Phi) is 3.65. The van der Waals surface area contributed by atoms with Crippen LogP contribution in [0, 0.1) is 6.92 Å². The molecule has 2 heterocycles. The minimum absolute atomic E-state index is 0.283. The van der Waals surface area contributed by atoms with Gasteiger partial charge in [0.25, 0.3) is 0 Å². The molecule has 0 fully saturated rings. The van der Waals surface area contributed by atoms with Crippen molar-refractivity contribution < 1.29 is 14.1 Å². The number of esters is 1. The number of ether oxygens (including phenoxy) is 1. The van der Waals surface area contributed by atoms with Gasteiger partial charge in [0.1, 0.15) is 6.33 Å². The third-order valence-corrected chi connectivity index (χ3v) is 2.84. The quantitative estimate of drug-likeness (QED) is 0.677. The molecule has 0 aliphatic carbocycles. The van der Waals surface area contributed by atoms with Crippen LogP contribution in [0.15, 0.2) is 41.2 Å². The number of rotatable bonds is 4. The predicted molar refractivity (Wildman–Crippen MR) is 74.4 cm³/mol. The SMILES string of the molecule is CC(=O)OC(c1ccccc1)n1cnc(-c2noc(C)n2)n1. The summed E-state index contributed by atoms with van der Waals surface area (Å²) in [6.07, 6.45) is 0.759. The minimum Gasteiger partial charge on any atom is -0.435 e. The first-order valence-corrected chi connectivity index (χ1v) is 6.57. The van der Waals surface area contributed by atoms with Crippen molar-refractivity contribution in [2.45, 2.75) is 20.1 Å².